The Morgan fingerprint density at radius 3 is 2.35 bits per heavy atom. The highest BCUT2D eigenvalue weighted by Gasteiger charge is 2.20. The summed E-state index contributed by atoms with van der Waals surface area (Å²) in [7, 11) is 0. The molecule has 0 saturated carbocycles. The second-order valence-corrected chi connectivity index (χ2v) is 12.2. The van der Waals surface area contributed by atoms with Crippen molar-refractivity contribution in [3.05, 3.63) is 138 Å². The Kier molecular flexibility index (Phi) is 5.32. The van der Waals surface area contributed by atoms with Crippen LogP contribution in [0.2, 0.25) is 0 Å². The van der Waals surface area contributed by atoms with Crippen LogP contribution in [0, 0.1) is 11.3 Å². The predicted molar refractivity (Wildman–Crippen MR) is 179 cm³/mol. The SMILES string of the molecule is N#Cc1ccc2c(c1)c1ccccc1n2-c1ccc2c(c1)CSCc1ccc(-c3cccc4oc5ccccc5c34)cc1-2. The molecule has 0 amide bonds. The first-order chi connectivity index (χ1) is 21.3. The van der Waals surface area contributed by atoms with E-state index in [9.17, 15) is 5.26 Å². The van der Waals surface area contributed by atoms with E-state index in [4.69, 9.17) is 4.42 Å². The van der Waals surface area contributed by atoms with Gasteiger partial charge in [0.05, 0.1) is 22.7 Å². The normalized spacial score (nSPS) is 12.8. The highest BCUT2D eigenvalue weighted by atomic mass is 32.2. The standard InChI is InChI=1S/C39H24N2OS/c40-21-24-12-17-36-34(18-24)31-6-1-3-9-35(31)41(36)28-15-16-29-27(19-28)23-43-22-26-14-13-25(20-33(26)29)30-8-5-11-38-39(30)32-7-2-4-10-37(32)42-38/h1-20H,22-23H2. The topological polar surface area (TPSA) is 41.9 Å². The van der Waals surface area contributed by atoms with Gasteiger partial charge in [0.1, 0.15) is 11.2 Å². The molecule has 2 aromatic heterocycles. The van der Waals surface area contributed by atoms with Crippen molar-refractivity contribution in [3.8, 4) is 34.0 Å². The van der Waals surface area contributed by atoms with Crippen LogP contribution >= 0.6 is 11.8 Å². The zero-order chi connectivity index (χ0) is 28.5. The van der Waals surface area contributed by atoms with E-state index in [0.717, 1.165) is 55.6 Å². The minimum absolute atomic E-state index is 0.681. The number of fused-ring (bicyclic) bond motifs is 9. The fourth-order valence-electron chi connectivity index (χ4n) is 6.83. The quantitative estimate of drug-likeness (QED) is 0.208. The summed E-state index contributed by atoms with van der Waals surface area (Å²) >= 11 is 1.97. The molecule has 1 aliphatic heterocycles. The Hall–Kier alpha value is -5.24. The average molecular weight is 569 g/mol. The van der Waals surface area contributed by atoms with E-state index in [1.807, 2.05) is 36.0 Å². The molecule has 4 heteroatoms. The molecule has 9 rings (SSSR count). The van der Waals surface area contributed by atoms with Gasteiger partial charge in [0.2, 0.25) is 0 Å². The highest BCUT2D eigenvalue weighted by Crippen LogP contribution is 2.43. The molecule has 3 heterocycles. The number of thioether (sulfide) groups is 1. The Morgan fingerprint density at radius 2 is 1.42 bits per heavy atom. The van der Waals surface area contributed by atoms with Gasteiger partial charge in [-0.3, -0.25) is 0 Å². The maximum absolute atomic E-state index is 9.55. The molecule has 0 atom stereocenters. The summed E-state index contributed by atoms with van der Waals surface area (Å²) in [5.74, 6) is 1.93. The molecule has 0 bridgehead atoms. The molecular formula is C39H24N2OS. The zero-order valence-electron chi connectivity index (χ0n) is 23.2. The van der Waals surface area contributed by atoms with Gasteiger partial charge in [0.25, 0.3) is 0 Å². The lowest BCUT2D eigenvalue weighted by atomic mass is 9.91. The molecule has 43 heavy (non-hydrogen) atoms. The van der Waals surface area contributed by atoms with Crippen molar-refractivity contribution in [1.82, 2.24) is 4.57 Å². The van der Waals surface area contributed by atoms with Gasteiger partial charge in [-0.2, -0.15) is 17.0 Å². The van der Waals surface area contributed by atoms with E-state index < -0.39 is 0 Å². The van der Waals surface area contributed by atoms with Gasteiger partial charge in [-0.25, -0.2) is 0 Å². The van der Waals surface area contributed by atoms with E-state index in [-0.39, 0.29) is 0 Å². The molecule has 0 N–H and O–H groups in total. The molecule has 0 radical (unpaired) electrons. The smallest absolute Gasteiger partial charge is 0.136 e. The molecule has 3 nitrogen and oxygen atoms in total. The summed E-state index contributed by atoms with van der Waals surface area (Å²) < 4.78 is 8.54. The Bertz CT molecular complexity index is 2460. The van der Waals surface area contributed by atoms with E-state index >= 15 is 0 Å². The van der Waals surface area contributed by atoms with Crippen LogP contribution in [0.4, 0.5) is 0 Å². The van der Waals surface area contributed by atoms with Gasteiger partial charge in [0.15, 0.2) is 0 Å². The van der Waals surface area contributed by atoms with Crippen molar-refractivity contribution < 1.29 is 4.42 Å². The van der Waals surface area contributed by atoms with Gasteiger partial charge in [-0.1, -0.05) is 66.7 Å². The Labute approximate surface area is 252 Å². The third-order valence-corrected chi connectivity index (χ3v) is 9.81. The summed E-state index contributed by atoms with van der Waals surface area (Å²) in [6, 6.07) is 45.3. The van der Waals surface area contributed by atoms with Crippen molar-refractivity contribution in [2.45, 2.75) is 11.5 Å². The van der Waals surface area contributed by atoms with Crippen molar-refractivity contribution in [2.24, 2.45) is 0 Å². The Morgan fingerprint density at radius 1 is 0.605 bits per heavy atom. The zero-order valence-corrected chi connectivity index (χ0v) is 24.0. The second kappa shape index (κ2) is 9.39. The second-order valence-electron chi connectivity index (χ2n) is 11.2. The van der Waals surface area contributed by atoms with Crippen LogP contribution < -0.4 is 0 Å². The first-order valence-corrected chi connectivity index (χ1v) is 15.6. The minimum atomic E-state index is 0.681. The fourth-order valence-corrected chi connectivity index (χ4v) is 7.86. The maximum atomic E-state index is 9.55. The van der Waals surface area contributed by atoms with Crippen molar-refractivity contribution in [2.75, 3.05) is 0 Å². The first kappa shape index (κ1) is 24.4. The van der Waals surface area contributed by atoms with Gasteiger partial charge >= 0.3 is 0 Å². The number of hydrogen-bond acceptors (Lipinski definition) is 3. The van der Waals surface area contributed by atoms with Crippen LogP contribution in [-0.4, -0.2) is 4.57 Å². The van der Waals surface area contributed by atoms with Crippen LogP contribution in [-0.2, 0) is 11.5 Å². The number of hydrogen-bond donors (Lipinski definition) is 0. The molecule has 0 fully saturated rings. The van der Waals surface area contributed by atoms with Gasteiger partial charge in [-0.15, -0.1) is 0 Å². The summed E-state index contributed by atoms with van der Waals surface area (Å²) in [5, 5.41) is 14.1. The molecule has 0 spiro atoms. The lowest BCUT2D eigenvalue weighted by Crippen LogP contribution is -1.97. The van der Waals surface area contributed by atoms with Crippen LogP contribution in [0.25, 0.3) is 71.7 Å². The number of benzene rings is 6. The van der Waals surface area contributed by atoms with Crippen LogP contribution in [0.1, 0.15) is 16.7 Å². The number of aromatic nitrogens is 1. The van der Waals surface area contributed by atoms with Crippen LogP contribution in [0.3, 0.4) is 0 Å². The summed E-state index contributed by atoms with van der Waals surface area (Å²) in [6.07, 6.45) is 0. The van der Waals surface area contributed by atoms with Crippen LogP contribution in [0.5, 0.6) is 0 Å². The molecular weight excluding hydrogens is 545 g/mol. The number of furan rings is 1. The lowest BCUT2D eigenvalue weighted by molar-refractivity contribution is 0.669. The Balaban J connectivity index is 1.22. The third-order valence-electron chi connectivity index (χ3n) is 8.78. The molecule has 8 aromatic rings. The van der Waals surface area contributed by atoms with Crippen molar-refractivity contribution >= 4 is 55.5 Å². The molecule has 1 aliphatic rings. The van der Waals surface area contributed by atoms with Gasteiger partial charge < -0.3 is 8.98 Å². The molecule has 0 saturated heterocycles. The van der Waals surface area contributed by atoms with E-state index in [2.05, 4.69) is 108 Å². The third kappa shape index (κ3) is 3.69. The van der Waals surface area contributed by atoms with Crippen molar-refractivity contribution in [1.29, 1.82) is 5.26 Å². The summed E-state index contributed by atoms with van der Waals surface area (Å²) in [4.78, 5) is 0. The monoisotopic (exact) mass is 568 g/mol. The van der Waals surface area contributed by atoms with E-state index in [1.165, 1.54) is 38.8 Å². The van der Waals surface area contributed by atoms with Gasteiger partial charge in [0, 0.05) is 38.7 Å². The maximum Gasteiger partial charge on any atom is 0.136 e. The summed E-state index contributed by atoms with van der Waals surface area (Å²) in [6.45, 7) is 0. The largest absolute Gasteiger partial charge is 0.456 e. The number of nitrogens with zero attached hydrogens (tertiary/aromatic N) is 2. The van der Waals surface area contributed by atoms with Crippen LogP contribution in [0.15, 0.2) is 126 Å². The summed E-state index contributed by atoms with van der Waals surface area (Å²) in [5.41, 5.74) is 13.6. The van der Waals surface area contributed by atoms with E-state index in [1.54, 1.807) is 0 Å². The highest BCUT2D eigenvalue weighted by molar-refractivity contribution is 7.97. The number of para-hydroxylation sites is 2. The first-order valence-electron chi connectivity index (χ1n) is 14.4. The molecule has 0 unspecified atom stereocenters. The predicted octanol–water partition coefficient (Wildman–Crippen LogP) is 10.6. The minimum Gasteiger partial charge on any atom is -0.456 e. The fraction of sp³-hybridized carbons (Fsp3) is 0.0513. The van der Waals surface area contributed by atoms with E-state index in [0.29, 0.717) is 5.56 Å². The lowest BCUT2D eigenvalue weighted by Gasteiger charge is -2.15. The molecule has 0 aliphatic carbocycles. The number of nitriles is 1. The van der Waals surface area contributed by atoms with Crippen molar-refractivity contribution in [3.63, 3.8) is 0 Å². The molecule has 6 aromatic carbocycles. The van der Waals surface area contributed by atoms with Gasteiger partial charge in [-0.05, 0) is 88.0 Å². The molecule has 202 valence electrons. The average Bonchev–Trinajstić information content (AvgIpc) is 3.54. The number of rotatable bonds is 2.